The first-order valence-electron chi connectivity index (χ1n) is 8.80. The molecule has 0 fully saturated rings. The summed E-state index contributed by atoms with van der Waals surface area (Å²) in [4.78, 5) is 29.2. The molecule has 0 aliphatic carbocycles. The Balaban J connectivity index is 1.50. The molecular formula is C21H20N2O4S2. The van der Waals surface area contributed by atoms with E-state index < -0.39 is 0 Å². The molecule has 6 nitrogen and oxygen atoms in total. The second-order valence-electron chi connectivity index (χ2n) is 5.93. The molecule has 0 radical (unpaired) electrons. The number of carbonyl (C=O) groups is 2. The van der Waals surface area contributed by atoms with E-state index in [1.54, 1.807) is 43.1 Å². The van der Waals surface area contributed by atoms with Crippen molar-refractivity contribution >= 4 is 40.1 Å². The molecule has 29 heavy (non-hydrogen) atoms. The zero-order chi connectivity index (χ0) is 20.6. The molecule has 0 atom stereocenters. The van der Waals surface area contributed by atoms with Gasteiger partial charge >= 0.3 is 5.97 Å². The molecule has 3 rings (SSSR count). The third-order valence-electron chi connectivity index (χ3n) is 4.01. The lowest BCUT2D eigenvalue weighted by atomic mass is 10.1. The van der Waals surface area contributed by atoms with Crippen molar-refractivity contribution in [2.24, 2.45) is 0 Å². The minimum atomic E-state index is -0.379. The number of amides is 1. The first-order chi connectivity index (χ1) is 14.1. The number of nitrogens with zero attached hydrogens (tertiary/aromatic N) is 1. The van der Waals surface area contributed by atoms with Crippen LogP contribution in [0.5, 0.6) is 5.75 Å². The summed E-state index contributed by atoms with van der Waals surface area (Å²) in [6.07, 6.45) is 0.388. The van der Waals surface area contributed by atoms with Crippen molar-refractivity contribution < 1.29 is 19.1 Å². The maximum atomic E-state index is 12.2. The summed E-state index contributed by atoms with van der Waals surface area (Å²) in [5, 5.41) is 5.26. The van der Waals surface area contributed by atoms with Crippen LogP contribution in [0.25, 0.3) is 11.3 Å². The standard InChI is InChI=1S/C21H20N2O4S2/c1-26-16-7-9-17(10-8-16)28-12-11-19(24)23-21-22-18(13-29-21)14-3-5-15(6-4-14)20(25)27-2/h3-10,13H,11-12H2,1-2H3,(H,22,23,24). The fraction of sp³-hybridized carbons (Fsp3) is 0.190. The summed E-state index contributed by atoms with van der Waals surface area (Å²) >= 11 is 2.98. The summed E-state index contributed by atoms with van der Waals surface area (Å²) in [5.74, 6) is 1.03. The quantitative estimate of drug-likeness (QED) is 0.413. The van der Waals surface area contributed by atoms with Gasteiger partial charge in [0.05, 0.1) is 25.5 Å². The molecule has 8 heteroatoms. The molecule has 1 aromatic heterocycles. The SMILES string of the molecule is COC(=O)c1ccc(-c2csc(NC(=O)CCSc3ccc(OC)cc3)n2)cc1. The Hall–Kier alpha value is -2.84. The molecule has 150 valence electrons. The van der Waals surface area contributed by atoms with Crippen LogP contribution < -0.4 is 10.1 Å². The average molecular weight is 429 g/mol. The first-order valence-corrected chi connectivity index (χ1v) is 10.7. The molecule has 0 aliphatic heterocycles. The van der Waals surface area contributed by atoms with E-state index in [0.29, 0.717) is 22.9 Å². The van der Waals surface area contributed by atoms with Crippen molar-refractivity contribution in [1.29, 1.82) is 0 Å². The Kier molecular flexibility index (Phi) is 7.26. The third kappa shape index (κ3) is 5.82. The third-order valence-corrected chi connectivity index (χ3v) is 5.78. The van der Waals surface area contributed by atoms with Gasteiger partial charge in [0.2, 0.25) is 5.91 Å². The molecule has 1 N–H and O–H groups in total. The second-order valence-corrected chi connectivity index (χ2v) is 7.96. The van der Waals surface area contributed by atoms with Crippen molar-refractivity contribution in [3.8, 4) is 17.0 Å². The smallest absolute Gasteiger partial charge is 0.337 e. The Bertz CT molecular complexity index is 969. The van der Waals surface area contributed by atoms with Crippen LogP contribution in [0, 0.1) is 0 Å². The van der Waals surface area contributed by atoms with Gasteiger partial charge in [-0.05, 0) is 36.4 Å². The molecule has 1 heterocycles. The zero-order valence-electron chi connectivity index (χ0n) is 16.0. The van der Waals surface area contributed by atoms with Gasteiger partial charge in [-0.25, -0.2) is 9.78 Å². The monoisotopic (exact) mass is 428 g/mol. The Morgan fingerprint density at radius 3 is 2.45 bits per heavy atom. The van der Waals surface area contributed by atoms with Crippen molar-refractivity contribution in [2.75, 3.05) is 25.3 Å². The number of esters is 1. The number of rotatable bonds is 8. The van der Waals surface area contributed by atoms with Gasteiger partial charge in [-0.2, -0.15) is 0 Å². The highest BCUT2D eigenvalue weighted by Gasteiger charge is 2.10. The van der Waals surface area contributed by atoms with Crippen molar-refractivity contribution in [3.05, 3.63) is 59.5 Å². The molecule has 3 aromatic rings. The van der Waals surface area contributed by atoms with E-state index in [9.17, 15) is 9.59 Å². The normalized spacial score (nSPS) is 10.4. The minimum Gasteiger partial charge on any atom is -0.497 e. The maximum absolute atomic E-state index is 12.2. The molecule has 0 bridgehead atoms. The number of carbonyl (C=O) groups excluding carboxylic acids is 2. The average Bonchev–Trinajstić information content (AvgIpc) is 3.22. The van der Waals surface area contributed by atoms with Crippen LogP contribution in [-0.4, -0.2) is 36.8 Å². The second kappa shape index (κ2) is 10.1. The van der Waals surface area contributed by atoms with Crippen LogP contribution in [0.2, 0.25) is 0 Å². The number of hydrogen-bond acceptors (Lipinski definition) is 7. The number of methoxy groups -OCH3 is 2. The van der Waals surface area contributed by atoms with Crippen LogP contribution in [0.1, 0.15) is 16.8 Å². The van der Waals surface area contributed by atoms with Crippen LogP contribution in [0.4, 0.5) is 5.13 Å². The predicted molar refractivity (Wildman–Crippen MR) is 116 cm³/mol. The van der Waals surface area contributed by atoms with Gasteiger partial charge < -0.3 is 14.8 Å². The number of aromatic nitrogens is 1. The number of ether oxygens (including phenoxy) is 2. The van der Waals surface area contributed by atoms with E-state index >= 15 is 0 Å². The number of nitrogens with one attached hydrogen (secondary N) is 1. The lowest BCUT2D eigenvalue weighted by molar-refractivity contribution is -0.115. The van der Waals surface area contributed by atoms with Gasteiger partial charge in [-0.1, -0.05) is 12.1 Å². The number of anilines is 1. The van der Waals surface area contributed by atoms with Crippen molar-refractivity contribution in [2.45, 2.75) is 11.3 Å². The van der Waals surface area contributed by atoms with Gasteiger partial charge in [-0.3, -0.25) is 4.79 Å². The van der Waals surface area contributed by atoms with Gasteiger partial charge in [0.1, 0.15) is 5.75 Å². The molecule has 2 aromatic carbocycles. The van der Waals surface area contributed by atoms with Gasteiger partial charge in [-0.15, -0.1) is 23.1 Å². The van der Waals surface area contributed by atoms with Crippen molar-refractivity contribution in [1.82, 2.24) is 4.98 Å². The first kappa shape index (κ1) is 20.9. The zero-order valence-corrected chi connectivity index (χ0v) is 17.6. The molecule has 0 aliphatic rings. The van der Waals surface area contributed by atoms with Crippen LogP contribution in [0.15, 0.2) is 58.8 Å². The Morgan fingerprint density at radius 1 is 1.07 bits per heavy atom. The molecule has 1 amide bonds. The summed E-state index contributed by atoms with van der Waals surface area (Å²) in [5.41, 5.74) is 2.09. The Labute approximate surface area is 177 Å². The predicted octanol–water partition coefficient (Wildman–Crippen LogP) is 4.73. The van der Waals surface area contributed by atoms with Crippen molar-refractivity contribution in [3.63, 3.8) is 0 Å². The van der Waals surface area contributed by atoms with Gasteiger partial charge in [0, 0.05) is 28.0 Å². The highest BCUT2D eigenvalue weighted by Crippen LogP contribution is 2.26. The highest BCUT2D eigenvalue weighted by atomic mass is 32.2. The summed E-state index contributed by atoms with van der Waals surface area (Å²) in [7, 11) is 2.98. The molecule has 0 saturated carbocycles. The Morgan fingerprint density at radius 2 is 1.79 bits per heavy atom. The summed E-state index contributed by atoms with van der Waals surface area (Å²) in [6, 6.07) is 14.7. The van der Waals surface area contributed by atoms with Gasteiger partial charge in [0.25, 0.3) is 0 Å². The van der Waals surface area contributed by atoms with Crippen LogP contribution in [0.3, 0.4) is 0 Å². The lowest BCUT2D eigenvalue weighted by Gasteiger charge is -2.04. The lowest BCUT2D eigenvalue weighted by Crippen LogP contribution is -2.11. The fourth-order valence-corrected chi connectivity index (χ4v) is 4.06. The van der Waals surface area contributed by atoms with Gasteiger partial charge in [0.15, 0.2) is 5.13 Å². The molecule has 0 saturated heterocycles. The van der Waals surface area contributed by atoms with E-state index in [0.717, 1.165) is 21.9 Å². The summed E-state index contributed by atoms with van der Waals surface area (Å²) < 4.78 is 9.83. The van der Waals surface area contributed by atoms with Crippen LogP contribution >= 0.6 is 23.1 Å². The minimum absolute atomic E-state index is 0.0760. The molecule has 0 unspecified atom stereocenters. The fourth-order valence-electron chi connectivity index (χ4n) is 2.47. The number of thioether (sulfide) groups is 1. The summed E-state index contributed by atoms with van der Waals surface area (Å²) in [6.45, 7) is 0. The van der Waals surface area contributed by atoms with E-state index in [-0.39, 0.29) is 11.9 Å². The van der Waals surface area contributed by atoms with E-state index in [1.807, 2.05) is 29.6 Å². The molecular weight excluding hydrogens is 408 g/mol. The number of hydrogen-bond donors (Lipinski definition) is 1. The largest absolute Gasteiger partial charge is 0.497 e. The maximum Gasteiger partial charge on any atom is 0.337 e. The highest BCUT2D eigenvalue weighted by molar-refractivity contribution is 7.99. The van der Waals surface area contributed by atoms with E-state index in [1.165, 1.54) is 18.4 Å². The van der Waals surface area contributed by atoms with Crippen LogP contribution in [-0.2, 0) is 9.53 Å². The number of thiazole rings is 1. The molecule has 0 spiro atoms. The van der Waals surface area contributed by atoms with E-state index in [2.05, 4.69) is 10.3 Å². The van der Waals surface area contributed by atoms with E-state index in [4.69, 9.17) is 9.47 Å². The topological polar surface area (TPSA) is 77.5 Å². The number of benzene rings is 2.